The zero-order valence-corrected chi connectivity index (χ0v) is 16.3. The Balaban J connectivity index is 0.000000497. The Morgan fingerprint density at radius 1 is 0.857 bits per heavy atom. The fraction of sp³-hybridized carbons (Fsp3) is 0.167. The molecule has 0 radical (unpaired) electrons. The van der Waals surface area contributed by atoms with E-state index in [1.54, 1.807) is 0 Å². The van der Waals surface area contributed by atoms with E-state index in [1.807, 2.05) is 0 Å². The van der Waals surface area contributed by atoms with Gasteiger partial charge in [-0.05, 0) is 20.8 Å². The fourth-order valence-electron chi connectivity index (χ4n) is 2.40. The van der Waals surface area contributed by atoms with Gasteiger partial charge >= 0.3 is 37.9 Å². The minimum atomic E-state index is -0.826. The summed E-state index contributed by atoms with van der Waals surface area (Å²) in [5, 5.41) is 2.68. The maximum atomic E-state index is 4.93. The molecule has 0 amide bonds. The van der Waals surface area contributed by atoms with Crippen LogP contribution in [0.3, 0.4) is 0 Å². The first kappa shape index (κ1) is 16.9. The predicted molar refractivity (Wildman–Crippen MR) is 90.9 cm³/mol. The van der Waals surface area contributed by atoms with E-state index in [0.29, 0.717) is 0 Å². The van der Waals surface area contributed by atoms with Crippen LogP contribution in [-0.4, -0.2) is 0 Å². The van der Waals surface area contributed by atoms with Crippen LogP contribution in [0.1, 0.15) is 16.7 Å². The van der Waals surface area contributed by atoms with Crippen molar-refractivity contribution in [3.05, 3.63) is 65.2 Å². The molecule has 0 aliphatic carbocycles. The van der Waals surface area contributed by atoms with Gasteiger partial charge in [0.05, 0.1) is 0 Å². The van der Waals surface area contributed by atoms with Gasteiger partial charge in [-0.25, -0.2) is 0 Å². The molecule has 0 N–H and O–H groups in total. The monoisotopic (exact) mass is 393 g/mol. The topological polar surface area (TPSA) is 0 Å². The van der Waals surface area contributed by atoms with Crippen LogP contribution in [0, 0.1) is 20.8 Å². The quantitative estimate of drug-likeness (QED) is 0.411. The van der Waals surface area contributed by atoms with Crippen LogP contribution in [-0.2, 0) is 20.8 Å². The van der Waals surface area contributed by atoms with Crippen molar-refractivity contribution in [3.63, 3.8) is 0 Å². The third-order valence-electron chi connectivity index (χ3n) is 3.71. The Hall–Kier alpha value is -0.487. The average Bonchev–Trinajstić information content (AvgIpc) is 2.84. The molecule has 0 fully saturated rings. The van der Waals surface area contributed by atoms with Crippen molar-refractivity contribution in [2.24, 2.45) is 0 Å². The summed E-state index contributed by atoms with van der Waals surface area (Å²) in [7, 11) is 9.87. The molecule has 0 heterocycles. The molecule has 0 saturated heterocycles. The van der Waals surface area contributed by atoms with E-state index in [1.165, 1.54) is 38.6 Å². The van der Waals surface area contributed by atoms with E-state index >= 15 is 0 Å². The second kappa shape index (κ2) is 7.68. The summed E-state index contributed by atoms with van der Waals surface area (Å²) in [5.74, 6) is 0. The van der Waals surface area contributed by atoms with Gasteiger partial charge in [-0.1, -0.05) is 52.6 Å². The van der Waals surface area contributed by atoms with Crippen molar-refractivity contribution in [1.29, 1.82) is 0 Å². The summed E-state index contributed by atoms with van der Waals surface area (Å²) in [5.41, 5.74) is 6.65. The van der Waals surface area contributed by atoms with Gasteiger partial charge in [0.2, 0.25) is 0 Å². The summed E-state index contributed by atoms with van der Waals surface area (Å²) in [6.45, 7) is 6.47. The normalized spacial score (nSPS) is 10.1. The van der Waals surface area contributed by atoms with Gasteiger partial charge in [-0.15, -0.1) is 34.5 Å². The second-order valence-corrected chi connectivity index (χ2v) is 8.98. The van der Waals surface area contributed by atoms with Crippen LogP contribution in [0.15, 0.2) is 48.5 Å². The fourth-order valence-corrected chi connectivity index (χ4v) is 2.40. The first-order chi connectivity index (χ1) is 10.0. The molecule has 0 saturated carbocycles. The van der Waals surface area contributed by atoms with Crippen molar-refractivity contribution in [3.8, 4) is 11.1 Å². The molecule has 3 heteroatoms. The van der Waals surface area contributed by atoms with E-state index in [0.717, 1.165) is 0 Å². The molecule has 21 heavy (non-hydrogen) atoms. The zero-order chi connectivity index (χ0) is 15.4. The summed E-state index contributed by atoms with van der Waals surface area (Å²) < 4.78 is 0. The molecule has 0 aliphatic heterocycles. The third kappa shape index (κ3) is 4.25. The summed E-state index contributed by atoms with van der Waals surface area (Å²) in [6, 6.07) is 17.9. The van der Waals surface area contributed by atoms with Gasteiger partial charge in [0, 0.05) is 0 Å². The number of hydrogen-bond donors (Lipinski definition) is 0. The molecular formula is C18H17Cl2Zr-. The first-order valence-electron chi connectivity index (χ1n) is 6.76. The molecule has 3 aromatic rings. The van der Waals surface area contributed by atoms with Gasteiger partial charge in [0.1, 0.15) is 0 Å². The Morgan fingerprint density at radius 2 is 1.43 bits per heavy atom. The number of fused-ring (bicyclic) bond motifs is 1. The van der Waals surface area contributed by atoms with Crippen molar-refractivity contribution in [2.45, 2.75) is 20.8 Å². The summed E-state index contributed by atoms with van der Waals surface area (Å²) >= 11 is -0.826. The van der Waals surface area contributed by atoms with Crippen molar-refractivity contribution in [1.82, 2.24) is 0 Å². The Bertz CT molecular complexity index is 688. The van der Waals surface area contributed by atoms with Crippen LogP contribution < -0.4 is 0 Å². The number of rotatable bonds is 1. The zero-order valence-electron chi connectivity index (χ0n) is 12.4. The minimum absolute atomic E-state index is 0.826. The third-order valence-corrected chi connectivity index (χ3v) is 3.71. The van der Waals surface area contributed by atoms with E-state index in [2.05, 4.69) is 69.3 Å². The first-order valence-corrected chi connectivity index (χ1v) is 13.1. The van der Waals surface area contributed by atoms with Gasteiger partial charge in [0.15, 0.2) is 0 Å². The van der Waals surface area contributed by atoms with Crippen LogP contribution in [0.4, 0.5) is 0 Å². The average molecular weight is 395 g/mol. The molecular weight excluding hydrogens is 378 g/mol. The van der Waals surface area contributed by atoms with E-state index in [-0.39, 0.29) is 0 Å². The van der Waals surface area contributed by atoms with Crippen molar-refractivity contribution >= 4 is 27.8 Å². The Labute approximate surface area is 145 Å². The SMILES string of the molecule is Cc1ccc(-c2cc3cc(C)c(C)cc3[cH-]2)cc1.[Cl][Zr][Cl]. The van der Waals surface area contributed by atoms with Crippen LogP contribution in [0.25, 0.3) is 21.9 Å². The van der Waals surface area contributed by atoms with Crippen LogP contribution in [0.5, 0.6) is 0 Å². The van der Waals surface area contributed by atoms with Crippen molar-refractivity contribution < 1.29 is 20.8 Å². The van der Waals surface area contributed by atoms with E-state index in [4.69, 9.17) is 17.0 Å². The Kier molecular flexibility index (Phi) is 6.17. The Morgan fingerprint density at radius 3 is 2.05 bits per heavy atom. The molecule has 0 bridgehead atoms. The van der Waals surface area contributed by atoms with E-state index in [9.17, 15) is 0 Å². The van der Waals surface area contributed by atoms with Crippen LogP contribution in [0.2, 0.25) is 0 Å². The number of halogens is 2. The summed E-state index contributed by atoms with van der Waals surface area (Å²) in [4.78, 5) is 0. The molecule has 0 spiro atoms. The van der Waals surface area contributed by atoms with Gasteiger partial charge < -0.3 is 0 Å². The van der Waals surface area contributed by atoms with Gasteiger partial charge in [-0.2, -0.15) is 0 Å². The number of benzene rings is 2. The molecule has 0 aromatic heterocycles. The maximum absolute atomic E-state index is 4.93. The number of aryl methyl sites for hydroxylation is 3. The van der Waals surface area contributed by atoms with Gasteiger partial charge in [-0.3, -0.25) is 0 Å². The molecule has 108 valence electrons. The molecule has 0 atom stereocenters. The van der Waals surface area contributed by atoms with Crippen LogP contribution >= 0.6 is 17.0 Å². The molecule has 3 aromatic carbocycles. The molecule has 0 nitrogen and oxygen atoms in total. The molecule has 0 unspecified atom stereocenters. The second-order valence-electron chi connectivity index (χ2n) is 5.25. The summed E-state index contributed by atoms with van der Waals surface area (Å²) in [6.07, 6.45) is 0. The standard InChI is InChI=1S/C18H17.2ClH.Zr/c1-12-4-6-15(7-5-12)18-10-16-8-13(2)14(3)9-17(16)11-18;;;/h4-11H,1-3H3;2*1H;/q-1;;;+2/p-2. The molecule has 0 aliphatic rings. The molecule has 3 rings (SSSR count). The van der Waals surface area contributed by atoms with Gasteiger partial charge in [0.25, 0.3) is 0 Å². The predicted octanol–water partition coefficient (Wildman–Crippen LogP) is 6.53. The number of hydrogen-bond acceptors (Lipinski definition) is 0. The van der Waals surface area contributed by atoms with Crippen molar-refractivity contribution in [2.75, 3.05) is 0 Å². The van der Waals surface area contributed by atoms with E-state index < -0.39 is 20.8 Å².